The second-order valence-corrected chi connectivity index (χ2v) is 5.16. The van der Waals surface area contributed by atoms with Crippen molar-refractivity contribution >= 4 is 23.1 Å². The van der Waals surface area contributed by atoms with Crippen LogP contribution >= 0.6 is 23.1 Å². The van der Waals surface area contributed by atoms with Crippen LogP contribution in [0.5, 0.6) is 0 Å². The minimum Gasteiger partial charge on any atom is -0.209 e. The zero-order valence-corrected chi connectivity index (χ0v) is 8.81. The molecule has 1 heterocycles. The van der Waals surface area contributed by atoms with Crippen molar-refractivity contribution in [1.82, 2.24) is 9.36 Å². The number of aromatic nitrogens is 2. The second kappa shape index (κ2) is 2.92. The average Bonchev–Trinajstić information content (AvgIpc) is 2.73. The van der Waals surface area contributed by atoms with Gasteiger partial charge in [-0.2, -0.15) is 4.37 Å². The lowest BCUT2D eigenvalue weighted by Crippen LogP contribution is -1.91. The highest BCUT2D eigenvalue weighted by Gasteiger charge is 2.52. The van der Waals surface area contributed by atoms with E-state index in [1.165, 1.54) is 42.2 Å². The van der Waals surface area contributed by atoms with Crippen molar-refractivity contribution in [2.45, 2.75) is 31.6 Å². The molecule has 2 nitrogen and oxygen atoms in total. The Morgan fingerprint density at radius 3 is 2.46 bits per heavy atom. The predicted molar refractivity (Wildman–Crippen MR) is 53.1 cm³/mol. The fourth-order valence-electron chi connectivity index (χ4n) is 2.71. The van der Waals surface area contributed by atoms with Crippen molar-refractivity contribution in [1.29, 1.82) is 0 Å². The summed E-state index contributed by atoms with van der Waals surface area (Å²) >= 11 is 7.21. The van der Waals surface area contributed by atoms with Crippen molar-refractivity contribution in [2.75, 3.05) is 0 Å². The van der Waals surface area contributed by atoms with Crippen molar-refractivity contribution in [2.24, 2.45) is 11.8 Å². The number of hydrogen-bond donors (Lipinski definition) is 0. The van der Waals surface area contributed by atoms with Crippen LogP contribution in [0.3, 0.4) is 0 Å². The molecule has 2 unspecified atom stereocenters. The lowest BCUT2D eigenvalue weighted by molar-refractivity contribution is 0.480. The van der Waals surface area contributed by atoms with Gasteiger partial charge in [0, 0.05) is 5.92 Å². The highest BCUT2D eigenvalue weighted by Crippen LogP contribution is 2.61. The van der Waals surface area contributed by atoms with Gasteiger partial charge < -0.3 is 0 Å². The third-order valence-electron chi connectivity index (χ3n) is 3.36. The molecule has 70 valence electrons. The molecule has 2 aliphatic rings. The largest absolute Gasteiger partial charge is 0.234 e. The van der Waals surface area contributed by atoms with Crippen molar-refractivity contribution in [3.63, 3.8) is 0 Å². The van der Waals surface area contributed by atoms with Crippen molar-refractivity contribution in [3.05, 3.63) is 10.3 Å². The van der Waals surface area contributed by atoms with Gasteiger partial charge >= 0.3 is 0 Å². The standard InChI is InChI=1S/C9H11ClN2S/c10-9-11-8(13-12-9)7-5-3-1-2-4-6(5)7/h5-7H,1-4H2. The molecule has 1 aromatic rings. The minimum absolute atomic E-state index is 0.434. The lowest BCUT2D eigenvalue weighted by Gasteiger charge is -2.04. The first-order chi connectivity index (χ1) is 6.36. The number of hydrogen-bond acceptors (Lipinski definition) is 3. The quantitative estimate of drug-likeness (QED) is 0.718. The molecule has 1 aromatic heterocycles. The summed E-state index contributed by atoms with van der Waals surface area (Å²) in [6.07, 6.45) is 5.60. The average molecular weight is 215 g/mol. The number of halogens is 1. The van der Waals surface area contributed by atoms with Gasteiger partial charge in [0.2, 0.25) is 5.28 Å². The maximum Gasteiger partial charge on any atom is 0.234 e. The Kier molecular flexibility index (Phi) is 1.84. The van der Waals surface area contributed by atoms with Crippen LogP contribution in [0.15, 0.2) is 0 Å². The van der Waals surface area contributed by atoms with Crippen LogP contribution in [0, 0.1) is 11.8 Å². The van der Waals surface area contributed by atoms with E-state index in [2.05, 4.69) is 9.36 Å². The summed E-state index contributed by atoms with van der Waals surface area (Å²) in [4.78, 5) is 4.27. The maximum atomic E-state index is 5.72. The molecule has 13 heavy (non-hydrogen) atoms. The van der Waals surface area contributed by atoms with Crippen LogP contribution in [0.1, 0.15) is 36.6 Å². The van der Waals surface area contributed by atoms with E-state index < -0.39 is 0 Å². The van der Waals surface area contributed by atoms with E-state index in [1.54, 1.807) is 0 Å². The Hall–Kier alpha value is -0.150. The van der Waals surface area contributed by atoms with E-state index in [0.717, 1.165) is 11.8 Å². The SMILES string of the molecule is Clc1nsc(C2C3CCCCC32)n1. The summed E-state index contributed by atoms with van der Waals surface area (Å²) < 4.78 is 4.03. The molecule has 2 fully saturated rings. The monoisotopic (exact) mass is 214 g/mol. The highest BCUT2D eigenvalue weighted by atomic mass is 35.5. The van der Waals surface area contributed by atoms with Crippen LogP contribution in [-0.4, -0.2) is 9.36 Å². The number of rotatable bonds is 1. The molecule has 3 rings (SSSR count). The summed E-state index contributed by atoms with van der Waals surface area (Å²) in [5, 5.41) is 1.62. The Labute approximate surface area is 86.5 Å². The van der Waals surface area contributed by atoms with Gasteiger partial charge in [0.15, 0.2) is 0 Å². The Morgan fingerprint density at radius 2 is 1.92 bits per heavy atom. The highest BCUT2D eigenvalue weighted by molar-refractivity contribution is 7.05. The zero-order valence-electron chi connectivity index (χ0n) is 7.24. The molecule has 2 atom stereocenters. The third kappa shape index (κ3) is 1.29. The molecular weight excluding hydrogens is 204 g/mol. The first-order valence-corrected chi connectivity index (χ1v) is 6.00. The fourth-order valence-corrected chi connectivity index (χ4v) is 3.76. The molecule has 2 aliphatic carbocycles. The Bertz CT molecular complexity index is 313. The number of fused-ring (bicyclic) bond motifs is 1. The van der Waals surface area contributed by atoms with Gasteiger partial charge in [0.05, 0.1) is 0 Å². The topological polar surface area (TPSA) is 25.8 Å². The molecule has 0 saturated heterocycles. The summed E-state index contributed by atoms with van der Waals surface area (Å²) in [5.74, 6) is 2.54. The van der Waals surface area contributed by atoms with Crippen LogP contribution in [0.4, 0.5) is 0 Å². The van der Waals surface area contributed by atoms with E-state index in [-0.39, 0.29) is 0 Å². The smallest absolute Gasteiger partial charge is 0.209 e. The third-order valence-corrected chi connectivity index (χ3v) is 4.44. The maximum absolute atomic E-state index is 5.72. The summed E-state index contributed by atoms with van der Waals surface area (Å²) in [6, 6.07) is 0. The lowest BCUT2D eigenvalue weighted by atomic mass is 10.0. The summed E-state index contributed by atoms with van der Waals surface area (Å²) in [5.41, 5.74) is 0. The van der Waals surface area contributed by atoms with Crippen molar-refractivity contribution < 1.29 is 0 Å². The fraction of sp³-hybridized carbons (Fsp3) is 0.778. The van der Waals surface area contributed by atoms with Gasteiger partial charge in [0.25, 0.3) is 0 Å². The first-order valence-electron chi connectivity index (χ1n) is 4.85. The van der Waals surface area contributed by atoms with Crippen LogP contribution in [0.2, 0.25) is 5.28 Å². The normalized spacial score (nSPS) is 37.2. The molecule has 0 bridgehead atoms. The molecule has 0 N–H and O–H groups in total. The molecule has 4 heteroatoms. The molecule has 0 aliphatic heterocycles. The molecule has 0 radical (unpaired) electrons. The predicted octanol–water partition coefficient (Wildman–Crippen LogP) is 3.10. The van der Waals surface area contributed by atoms with E-state index in [0.29, 0.717) is 11.2 Å². The van der Waals surface area contributed by atoms with E-state index >= 15 is 0 Å². The van der Waals surface area contributed by atoms with Crippen molar-refractivity contribution in [3.8, 4) is 0 Å². The van der Waals surface area contributed by atoms with E-state index in [9.17, 15) is 0 Å². The number of nitrogens with zero attached hydrogens (tertiary/aromatic N) is 2. The molecule has 2 saturated carbocycles. The summed E-state index contributed by atoms with van der Waals surface area (Å²) in [6.45, 7) is 0. The van der Waals surface area contributed by atoms with Crippen LogP contribution in [-0.2, 0) is 0 Å². The van der Waals surface area contributed by atoms with Gasteiger partial charge in [-0.3, -0.25) is 0 Å². The zero-order chi connectivity index (χ0) is 8.84. The van der Waals surface area contributed by atoms with Gasteiger partial charge in [0.1, 0.15) is 5.01 Å². The molecule has 0 amide bonds. The Balaban J connectivity index is 1.81. The van der Waals surface area contributed by atoms with Gasteiger partial charge in [-0.1, -0.05) is 12.8 Å². The Morgan fingerprint density at radius 1 is 1.23 bits per heavy atom. The van der Waals surface area contributed by atoms with E-state index in [4.69, 9.17) is 11.6 Å². The van der Waals surface area contributed by atoms with Crippen LogP contribution in [0.25, 0.3) is 0 Å². The van der Waals surface area contributed by atoms with Gasteiger partial charge in [-0.15, -0.1) is 0 Å². The minimum atomic E-state index is 0.434. The van der Waals surface area contributed by atoms with E-state index in [1.807, 2.05) is 0 Å². The van der Waals surface area contributed by atoms with Crippen LogP contribution < -0.4 is 0 Å². The summed E-state index contributed by atoms with van der Waals surface area (Å²) in [7, 11) is 0. The molecule has 0 aromatic carbocycles. The molecular formula is C9H11ClN2S. The first kappa shape index (κ1) is 8.18. The molecule has 0 spiro atoms. The van der Waals surface area contributed by atoms with Gasteiger partial charge in [-0.05, 0) is 47.8 Å². The van der Waals surface area contributed by atoms with Gasteiger partial charge in [-0.25, -0.2) is 4.98 Å². The second-order valence-electron chi connectivity index (χ2n) is 4.04.